The van der Waals surface area contributed by atoms with Gasteiger partial charge in [0.15, 0.2) is 0 Å². The van der Waals surface area contributed by atoms with E-state index in [-0.39, 0.29) is 34.9 Å². The number of nitro groups is 1. The Balaban J connectivity index is 1.34. The summed E-state index contributed by atoms with van der Waals surface area (Å²) in [5, 5.41) is 15.2. The number of hydrogen-bond donors (Lipinski definition) is 1. The molecule has 0 aliphatic heterocycles. The summed E-state index contributed by atoms with van der Waals surface area (Å²) in [6.45, 7) is 2.28. The number of nitrogens with zero attached hydrogens (tertiary/aromatic N) is 4. The van der Waals surface area contributed by atoms with Crippen molar-refractivity contribution in [3.05, 3.63) is 97.7 Å². The van der Waals surface area contributed by atoms with E-state index in [2.05, 4.69) is 10.3 Å². The Morgan fingerprint density at radius 3 is 2.51 bits per heavy atom. The molecular weight excluding hydrogens is 494 g/mol. The molecule has 0 bridgehead atoms. The van der Waals surface area contributed by atoms with Crippen molar-refractivity contribution in [1.82, 2.24) is 19.4 Å². The van der Waals surface area contributed by atoms with E-state index in [4.69, 9.17) is 11.6 Å². The molecule has 1 amide bonds. The van der Waals surface area contributed by atoms with Crippen LogP contribution in [-0.2, 0) is 6.54 Å². The molecule has 0 radical (unpaired) electrons. The van der Waals surface area contributed by atoms with Gasteiger partial charge < -0.3 is 5.32 Å². The third-order valence-corrected chi connectivity index (χ3v) is 7.28. The number of amides is 1. The van der Waals surface area contributed by atoms with Crippen molar-refractivity contribution in [3.63, 3.8) is 0 Å². The highest BCUT2D eigenvalue weighted by Crippen LogP contribution is 2.29. The Hall–Kier alpha value is -3.98. The van der Waals surface area contributed by atoms with Crippen LogP contribution in [0.25, 0.3) is 16.7 Å². The van der Waals surface area contributed by atoms with E-state index in [0.717, 1.165) is 31.2 Å². The molecule has 2 heterocycles. The summed E-state index contributed by atoms with van der Waals surface area (Å²) in [5.41, 5.74) is 2.32. The molecule has 1 fully saturated rings. The first-order valence-electron chi connectivity index (χ1n) is 12.2. The van der Waals surface area contributed by atoms with E-state index in [1.54, 1.807) is 35.8 Å². The van der Waals surface area contributed by atoms with Crippen LogP contribution in [0.3, 0.4) is 0 Å². The molecule has 0 atom stereocenters. The lowest BCUT2D eigenvalue weighted by Crippen LogP contribution is -2.39. The number of aromatic nitrogens is 3. The van der Waals surface area contributed by atoms with Gasteiger partial charge in [0.1, 0.15) is 5.69 Å². The summed E-state index contributed by atoms with van der Waals surface area (Å²) >= 11 is 6.01. The molecule has 190 valence electrons. The Kier molecular flexibility index (Phi) is 6.80. The molecule has 4 aromatic rings. The number of benzene rings is 2. The molecule has 2 aromatic heterocycles. The number of imidazole rings is 1. The highest BCUT2D eigenvalue weighted by Gasteiger charge is 2.27. The molecule has 0 saturated heterocycles. The number of nitrogens with one attached hydrogen (secondary N) is 1. The van der Waals surface area contributed by atoms with Gasteiger partial charge in [-0.2, -0.15) is 0 Å². The van der Waals surface area contributed by atoms with E-state index >= 15 is 0 Å². The number of para-hydroxylation sites is 4. The van der Waals surface area contributed by atoms with E-state index in [0.29, 0.717) is 28.3 Å². The summed E-state index contributed by atoms with van der Waals surface area (Å²) < 4.78 is 3.15. The monoisotopic (exact) mass is 519 g/mol. The van der Waals surface area contributed by atoms with Gasteiger partial charge in [0.2, 0.25) is 0 Å². The van der Waals surface area contributed by atoms with Gasteiger partial charge in [-0.25, -0.2) is 4.79 Å². The van der Waals surface area contributed by atoms with Crippen molar-refractivity contribution in [2.24, 2.45) is 5.92 Å². The van der Waals surface area contributed by atoms with Gasteiger partial charge >= 0.3 is 5.69 Å². The number of hydrogen-bond acceptors (Lipinski definition) is 5. The summed E-state index contributed by atoms with van der Waals surface area (Å²) in [6.07, 6.45) is 4.79. The zero-order chi connectivity index (χ0) is 26.1. The Bertz CT molecular complexity index is 1550. The first-order valence-corrected chi connectivity index (χ1v) is 12.6. The average Bonchev–Trinajstić information content (AvgIpc) is 3.17. The summed E-state index contributed by atoms with van der Waals surface area (Å²) in [7, 11) is 0. The lowest BCUT2D eigenvalue weighted by Gasteiger charge is -2.29. The van der Waals surface area contributed by atoms with E-state index in [1.165, 1.54) is 16.8 Å². The van der Waals surface area contributed by atoms with Crippen LogP contribution in [0.5, 0.6) is 0 Å². The highest BCUT2D eigenvalue weighted by molar-refractivity contribution is 6.30. The standard InChI is InChI=1S/C27H26ClN5O4/c1-17-21(14-19(28)15-29-17)26(34)30-20-12-10-18(11-13-20)16-31-22-6-2-3-7-23(22)32(27(31)35)24-8-4-5-9-25(24)33(36)37/h2-9,14-15,18,20H,10-13,16H2,1H3,(H,30,34). The average molecular weight is 520 g/mol. The maximum atomic E-state index is 13.6. The quantitative estimate of drug-likeness (QED) is 0.283. The highest BCUT2D eigenvalue weighted by atomic mass is 35.5. The number of aryl methyl sites for hydroxylation is 1. The minimum Gasteiger partial charge on any atom is -0.349 e. The summed E-state index contributed by atoms with van der Waals surface area (Å²) in [4.78, 5) is 41.7. The van der Waals surface area contributed by atoms with Gasteiger partial charge in [0.25, 0.3) is 11.6 Å². The third kappa shape index (κ3) is 4.86. The molecule has 2 aromatic carbocycles. The smallest absolute Gasteiger partial charge is 0.333 e. The molecule has 37 heavy (non-hydrogen) atoms. The number of pyridine rings is 1. The van der Waals surface area contributed by atoms with E-state index < -0.39 is 4.92 Å². The van der Waals surface area contributed by atoms with Crippen molar-refractivity contribution < 1.29 is 9.72 Å². The lowest BCUT2D eigenvalue weighted by atomic mass is 9.85. The van der Waals surface area contributed by atoms with Crippen molar-refractivity contribution in [1.29, 1.82) is 0 Å². The number of halogens is 1. The minimum absolute atomic E-state index is 0.0344. The largest absolute Gasteiger partial charge is 0.349 e. The van der Waals surface area contributed by atoms with Gasteiger partial charge in [0, 0.05) is 24.8 Å². The molecule has 0 spiro atoms. The second kappa shape index (κ2) is 10.2. The molecule has 9 nitrogen and oxygen atoms in total. The van der Waals surface area contributed by atoms with Crippen molar-refractivity contribution in [3.8, 4) is 5.69 Å². The molecule has 10 heteroatoms. The van der Waals surface area contributed by atoms with E-state index in [1.807, 2.05) is 24.3 Å². The normalized spacial score (nSPS) is 17.6. The van der Waals surface area contributed by atoms with Crippen molar-refractivity contribution in [2.45, 2.75) is 45.2 Å². The maximum absolute atomic E-state index is 13.6. The zero-order valence-electron chi connectivity index (χ0n) is 20.3. The number of rotatable bonds is 6. The first-order chi connectivity index (χ1) is 17.8. The van der Waals surface area contributed by atoms with Crippen LogP contribution in [0.4, 0.5) is 5.69 Å². The number of carbonyl (C=O) groups excluding carboxylic acids is 1. The van der Waals surface area contributed by atoms with Crippen LogP contribution >= 0.6 is 11.6 Å². The fraction of sp³-hybridized carbons (Fsp3) is 0.296. The third-order valence-electron chi connectivity index (χ3n) is 7.08. The van der Waals surface area contributed by atoms with Crippen LogP contribution in [0.1, 0.15) is 41.7 Å². The van der Waals surface area contributed by atoms with Crippen LogP contribution in [0.2, 0.25) is 5.02 Å². The molecular formula is C27H26ClN5O4. The number of fused-ring (bicyclic) bond motifs is 1. The number of carbonyl (C=O) groups is 1. The summed E-state index contributed by atoms with van der Waals surface area (Å²) in [5.74, 6) is 0.0603. The van der Waals surface area contributed by atoms with Gasteiger partial charge in [-0.3, -0.25) is 29.0 Å². The molecule has 1 aliphatic rings. The minimum atomic E-state index is -0.468. The maximum Gasteiger partial charge on any atom is 0.333 e. The summed E-state index contributed by atoms with van der Waals surface area (Å²) in [6, 6.07) is 15.3. The second-order valence-electron chi connectivity index (χ2n) is 9.44. The SMILES string of the molecule is Cc1ncc(Cl)cc1C(=O)NC1CCC(Cn2c(=O)n(-c3ccccc3[N+](=O)[O-])c3ccccc32)CC1. The van der Waals surface area contributed by atoms with E-state index in [9.17, 15) is 19.7 Å². The molecule has 1 saturated carbocycles. The predicted molar refractivity (Wildman–Crippen MR) is 141 cm³/mol. The topological polar surface area (TPSA) is 112 Å². The fourth-order valence-corrected chi connectivity index (χ4v) is 5.33. The van der Waals surface area contributed by atoms with Crippen LogP contribution < -0.4 is 11.0 Å². The van der Waals surface area contributed by atoms with Gasteiger partial charge in [0.05, 0.1) is 32.2 Å². The predicted octanol–water partition coefficient (Wildman–Crippen LogP) is 5.05. The van der Waals surface area contributed by atoms with Crippen molar-refractivity contribution >= 4 is 34.2 Å². The molecule has 0 unspecified atom stereocenters. The van der Waals surface area contributed by atoms with Crippen LogP contribution in [0.15, 0.2) is 65.6 Å². The van der Waals surface area contributed by atoms with Crippen LogP contribution in [0, 0.1) is 23.0 Å². The van der Waals surface area contributed by atoms with Gasteiger partial charge in [-0.1, -0.05) is 35.9 Å². The molecule has 1 aliphatic carbocycles. The van der Waals surface area contributed by atoms with Crippen molar-refractivity contribution in [2.75, 3.05) is 0 Å². The van der Waals surface area contributed by atoms with Crippen LogP contribution in [-0.4, -0.2) is 31.0 Å². The molecule has 1 N–H and O–H groups in total. The Labute approximate surface area is 217 Å². The fourth-order valence-electron chi connectivity index (χ4n) is 5.17. The Morgan fingerprint density at radius 1 is 1.11 bits per heavy atom. The lowest BCUT2D eigenvalue weighted by molar-refractivity contribution is -0.384. The molecule has 5 rings (SSSR count). The Morgan fingerprint density at radius 2 is 1.78 bits per heavy atom. The first kappa shape index (κ1) is 24.7. The zero-order valence-corrected chi connectivity index (χ0v) is 21.0. The van der Waals surface area contributed by atoms with Gasteiger partial charge in [-0.15, -0.1) is 0 Å². The second-order valence-corrected chi connectivity index (χ2v) is 9.88. The number of nitro benzene ring substituents is 1. The van der Waals surface area contributed by atoms with Gasteiger partial charge in [-0.05, 0) is 62.8 Å².